The Bertz CT molecular complexity index is 414. The lowest BCUT2D eigenvalue weighted by molar-refractivity contribution is 0.0948. The molecule has 0 aliphatic carbocycles. The number of aromatic nitrogens is 2. The summed E-state index contributed by atoms with van der Waals surface area (Å²) in [4.78, 5) is 12.8. The van der Waals surface area contributed by atoms with Crippen LogP contribution in [0.1, 0.15) is 55.9 Å². The highest BCUT2D eigenvalue weighted by Gasteiger charge is 2.26. The first kappa shape index (κ1) is 16.4. The van der Waals surface area contributed by atoms with E-state index in [0.29, 0.717) is 23.2 Å². The SMILES string of the molecule is CCC(CCCl)CNC(=O)c1snnc1C(C)(C)C. The Morgan fingerprint density at radius 3 is 2.68 bits per heavy atom. The molecular weight excluding hydrogens is 282 g/mol. The minimum Gasteiger partial charge on any atom is -0.351 e. The average Bonchev–Trinajstić information content (AvgIpc) is 2.83. The van der Waals surface area contributed by atoms with E-state index in [4.69, 9.17) is 11.6 Å². The molecule has 1 amide bonds. The van der Waals surface area contributed by atoms with Crippen molar-refractivity contribution in [2.24, 2.45) is 5.92 Å². The Labute approximate surface area is 124 Å². The van der Waals surface area contributed by atoms with E-state index in [-0.39, 0.29) is 11.3 Å². The van der Waals surface area contributed by atoms with Crippen LogP contribution in [0, 0.1) is 5.92 Å². The fourth-order valence-electron chi connectivity index (χ4n) is 1.75. The van der Waals surface area contributed by atoms with E-state index in [2.05, 4.69) is 21.8 Å². The lowest BCUT2D eigenvalue weighted by atomic mass is 9.91. The van der Waals surface area contributed by atoms with E-state index in [9.17, 15) is 4.79 Å². The molecule has 0 bridgehead atoms. The third-order valence-corrected chi connectivity index (χ3v) is 3.99. The zero-order valence-electron chi connectivity index (χ0n) is 12.0. The maximum Gasteiger partial charge on any atom is 0.264 e. The van der Waals surface area contributed by atoms with Crippen LogP contribution in [0.3, 0.4) is 0 Å². The molecule has 1 rings (SSSR count). The number of nitrogens with one attached hydrogen (secondary N) is 1. The molecule has 0 aromatic carbocycles. The summed E-state index contributed by atoms with van der Waals surface area (Å²) in [5.74, 6) is 0.984. The number of carbonyl (C=O) groups excluding carboxylic acids is 1. The summed E-state index contributed by atoms with van der Waals surface area (Å²) in [5.41, 5.74) is 0.598. The molecule has 108 valence electrons. The van der Waals surface area contributed by atoms with Crippen molar-refractivity contribution in [3.63, 3.8) is 0 Å². The van der Waals surface area contributed by atoms with Gasteiger partial charge >= 0.3 is 0 Å². The molecular formula is C13H22ClN3OS. The van der Waals surface area contributed by atoms with E-state index in [0.717, 1.165) is 30.1 Å². The van der Waals surface area contributed by atoms with Gasteiger partial charge in [-0.1, -0.05) is 38.6 Å². The van der Waals surface area contributed by atoms with E-state index in [1.165, 1.54) is 0 Å². The van der Waals surface area contributed by atoms with E-state index in [1.54, 1.807) is 0 Å². The second-order valence-corrected chi connectivity index (χ2v) is 6.79. The van der Waals surface area contributed by atoms with Crippen LogP contribution < -0.4 is 5.32 Å². The minimum atomic E-state index is -0.167. The van der Waals surface area contributed by atoms with Crippen LogP contribution in [-0.2, 0) is 5.41 Å². The summed E-state index contributed by atoms with van der Waals surface area (Å²) in [7, 11) is 0. The maximum absolute atomic E-state index is 12.2. The summed E-state index contributed by atoms with van der Waals surface area (Å²) in [5, 5.41) is 7.04. The van der Waals surface area contributed by atoms with Crippen molar-refractivity contribution in [1.82, 2.24) is 14.9 Å². The lowest BCUT2D eigenvalue weighted by Crippen LogP contribution is -2.30. The quantitative estimate of drug-likeness (QED) is 0.821. The summed E-state index contributed by atoms with van der Waals surface area (Å²) < 4.78 is 3.90. The molecule has 0 radical (unpaired) electrons. The lowest BCUT2D eigenvalue weighted by Gasteiger charge is -2.17. The van der Waals surface area contributed by atoms with Gasteiger partial charge in [-0.2, -0.15) is 0 Å². The van der Waals surface area contributed by atoms with E-state index < -0.39 is 0 Å². The first-order chi connectivity index (χ1) is 8.90. The van der Waals surface area contributed by atoms with Crippen LogP contribution in [0.2, 0.25) is 0 Å². The van der Waals surface area contributed by atoms with Gasteiger partial charge in [-0.05, 0) is 23.9 Å². The normalized spacial score (nSPS) is 13.3. The number of hydrogen-bond acceptors (Lipinski definition) is 4. The third kappa shape index (κ3) is 4.73. The van der Waals surface area contributed by atoms with Gasteiger partial charge in [0.1, 0.15) is 4.88 Å². The Balaban J connectivity index is 2.66. The van der Waals surface area contributed by atoms with Gasteiger partial charge in [0.15, 0.2) is 0 Å². The Hall–Kier alpha value is -0.680. The summed E-state index contributed by atoms with van der Waals surface area (Å²) in [6, 6.07) is 0. The van der Waals surface area contributed by atoms with Crippen molar-refractivity contribution in [2.75, 3.05) is 12.4 Å². The highest BCUT2D eigenvalue weighted by Crippen LogP contribution is 2.25. The highest BCUT2D eigenvalue weighted by atomic mass is 35.5. The molecule has 0 saturated carbocycles. The van der Waals surface area contributed by atoms with Crippen molar-refractivity contribution >= 4 is 29.0 Å². The largest absolute Gasteiger partial charge is 0.351 e. The van der Waals surface area contributed by atoms with Gasteiger partial charge < -0.3 is 5.32 Å². The van der Waals surface area contributed by atoms with E-state index >= 15 is 0 Å². The van der Waals surface area contributed by atoms with Crippen LogP contribution in [0.25, 0.3) is 0 Å². The number of hydrogen-bond donors (Lipinski definition) is 1. The fraction of sp³-hybridized carbons (Fsp3) is 0.769. The van der Waals surface area contributed by atoms with Gasteiger partial charge in [0.25, 0.3) is 5.91 Å². The Kier molecular flexibility index (Phi) is 6.20. The fourth-order valence-corrected chi connectivity index (χ4v) is 2.85. The van der Waals surface area contributed by atoms with Crippen LogP contribution in [0.15, 0.2) is 0 Å². The smallest absolute Gasteiger partial charge is 0.264 e. The zero-order valence-corrected chi connectivity index (χ0v) is 13.6. The van der Waals surface area contributed by atoms with Crippen molar-refractivity contribution < 1.29 is 4.79 Å². The van der Waals surface area contributed by atoms with Gasteiger partial charge in [-0.25, -0.2) is 0 Å². The number of rotatable bonds is 6. The Morgan fingerprint density at radius 1 is 1.47 bits per heavy atom. The standard InChI is InChI=1S/C13H22ClN3OS/c1-5-9(6-7-14)8-15-12(18)10-11(13(2,3)4)16-17-19-10/h9H,5-8H2,1-4H3,(H,15,18). The monoisotopic (exact) mass is 303 g/mol. The zero-order chi connectivity index (χ0) is 14.5. The molecule has 0 aliphatic rings. The van der Waals surface area contributed by atoms with Gasteiger partial charge in [-0.3, -0.25) is 4.79 Å². The molecule has 0 saturated heterocycles. The topological polar surface area (TPSA) is 54.9 Å². The maximum atomic E-state index is 12.2. The summed E-state index contributed by atoms with van der Waals surface area (Å²) in [6.07, 6.45) is 1.94. The molecule has 1 heterocycles. The molecule has 1 N–H and O–H groups in total. The van der Waals surface area contributed by atoms with Gasteiger partial charge in [0.05, 0.1) is 5.69 Å². The predicted molar refractivity (Wildman–Crippen MR) is 80.1 cm³/mol. The molecule has 1 atom stereocenters. The number of alkyl halides is 1. The molecule has 1 aromatic rings. The molecule has 6 heteroatoms. The summed E-state index contributed by atoms with van der Waals surface area (Å²) in [6.45, 7) is 8.86. The molecule has 0 spiro atoms. The van der Waals surface area contributed by atoms with Crippen molar-refractivity contribution in [2.45, 2.75) is 46.0 Å². The number of nitrogens with zero attached hydrogens (tertiary/aromatic N) is 2. The molecule has 0 fully saturated rings. The van der Waals surface area contributed by atoms with Crippen molar-refractivity contribution in [3.8, 4) is 0 Å². The number of carbonyl (C=O) groups is 1. The highest BCUT2D eigenvalue weighted by molar-refractivity contribution is 7.08. The molecule has 19 heavy (non-hydrogen) atoms. The molecule has 1 aromatic heterocycles. The first-order valence-electron chi connectivity index (χ1n) is 6.57. The van der Waals surface area contributed by atoms with Gasteiger partial charge in [0, 0.05) is 17.8 Å². The Morgan fingerprint density at radius 2 is 2.16 bits per heavy atom. The van der Waals surface area contributed by atoms with Crippen LogP contribution in [-0.4, -0.2) is 27.9 Å². The third-order valence-electron chi connectivity index (χ3n) is 3.05. The second-order valence-electron chi connectivity index (χ2n) is 5.66. The van der Waals surface area contributed by atoms with Crippen molar-refractivity contribution in [1.29, 1.82) is 0 Å². The van der Waals surface area contributed by atoms with Crippen LogP contribution in [0.5, 0.6) is 0 Å². The van der Waals surface area contributed by atoms with Crippen LogP contribution in [0.4, 0.5) is 0 Å². The molecule has 1 unspecified atom stereocenters. The number of halogens is 1. The van der Waals surface area contributed by atoms with Crippen molar-refractivity contribution in [3.05, 3.63) is 10.6 Å². The second kappa shape index (κ2) is 7.20. The molecule has 0 aliphatic heterocycles. The average molecular weight is 304 g/mol. The van der Waals surface area contributed by atoms with Crippen LogP contribution >= 0.6 is 23.1 Å². The first-order valence-corrected chi connectivity index (χ1v) is 7.88. The van der Waals surface area contributed by atoms with Gasteiger partial charge in [0.2, 0.25) is 0 Å². The number of amides is 1. The van der Waals surface area contributed by atoms with Gasteiger partial charge in [-0.15, -0.1) is 16.7 Å². The minimum absolute atomic E-state index is 0.0760. The van der Waals surface area contributed by atoms with E-state index in [1.807, 2.05) is 20.8 Å². The summed E-state index contributed by atoms with van der Waals surface area (Å²) >= 11 is 6.90. The molecule has 4 nitrogen and oxygen atoms in total. The predicted octanol–water partition coefficient (Wildman–Crippen LogP) is 3.22.